The maximum Gasteiger partial charge on any atom is 0.138 e. The largest absolute Gasteiger partial charge is 0.373 e. The van der Waals surface area contributed by atoms with E-state index in [1.54, 1.807) is 0 Å². The number of hydrogen-bond donors (Lipinski definition) is 2. The molecule has 0 spiro atoms. The predicted octanol–water partition coefficient (Wildman–Crippen LogP) is 3.68. The van der Waals surface area contributed by atoms with Gasteiger partial charge in [0.15, 0.2) is 0 Å². The molecule has 0 aliphatic carbocycles. The third-order valence-corrected chi connectivity index (χ3v) is 3.82. The van der Waals surface area contributed by atoms with Gasteiger partial charge in [-0.25, -0.2) is 9.97 Å². The van der Waals surface area contributed by atoms with Crippen LogP contribution in [-0.4, -0.2) is 35.6 Å². The molecule has 0 unspecified atom stereocenters. The van der Waals surface area contributed by atoms with Crippen molar-refractivity contribution in [3.05, 3.63) is 11.4 Å². The highest BCUT2D eigenvalue weighted by molar-refractivity contribution is 7.98. The van der Waals surface area contributed by atoms with E-state index in [4.69, 9.17) is 4.98 Å². The molecule has 114 valence electrons. The fourth-order valence-corrected chi connectivity index (χ4v) is 2.34. The number of rotatable bonds is 7. The minimum absolute atomic E-state index is 0.0470. The Bertz CT molecular complexity index is 427. The van der Waals surface area contributed by atoms with Gasteiger partial charge in [-0.2, -0.15) is 11.8 Å². The molecule has 0 aromatic carbocycles. The second-order valence-electron chi connectivity index (χ2n) is 6.00. The maximum absolute atomic E-state index is 4.70. The van der Waals surface area contributed by atoms with Gasteiger partial charge in [0.25, 0.3) is 0 Å². The lowest BCUT2D eigenvalue weighted by Crippen LogP contribution is -2.19. The van der Waals surface area contributed by atoms with E-state index < -0.39 is 0 Å². The number of hydrogen-bond acceptors (Lipinski definition) is 5. The average molecular weight is 296 g/mol. The Balaban J connectivity index is 2.83. The summed E-state index contributed by atoms with van der Waals surface area (Å²) in [7, 11) is 1.91. The van der Waals surface area contributed by atoms with Crippen molar-refractivity contribution in [1.29, 1.82) is 0 Å². The first kappa shape index (κ1) is 17.1. The summed E-state index contributed by atoms with van der Waals surface area (Å²) in [5, 5.41) is 6.62. The average Bonchev–Trinajstić information content (AvgIpc) is 2.39. The van der Waals surface area contributed by atoms with Gasteiger partial charge in [0.05, 0.1) is 0 Å². The van der Waals surface area contributed by atoms with Gasteiger partial charge >= 0.3 is 0 Å². The van der Waals surface area contributed by atoms with Crippen LogP contribution in [0.1, 0.15) is 45.0 Å². The van der Waals surface area contributed by atoms with Crippen LogP contribution < -0.4 is 10.6 Å². The molecule has 0 amide bonds. The second-order valence-corrected chi connectivity index (χ2v) is 6.98. The predicted molar refractivity (Wildman–Crippen MR) is 91.1 cm³/mol. The van der Waals surface area contributed by atoms with Crippen LogP contribution in [0.15, 0.2) is 0 Å². The maximum atomic E-state index is 4.70. The van der Waals surface area contributed by atoms with Gasteiger partial charge in [0, 0.05) is 24.6 Å². The highest BCUT2D eigenvalue weighted by Crippen LogP contribution is 2.26. The van der Waals surface area contributed by atoms with E-state index in [2.05, 4.69) is 49.6 Å². The number of anilines is 2. The van der Waals surface area contributed by atoms with Gasteiger partial charge in [-0.05, 0) is 31.8 Å². The molecule has 1 aromatic rings. The number of nitrogens with one attached hydrogen (secondary N) is 2. The van der Waals surface area contributed by atoms with E-state index in [0.717, 1.165) is 29.6 Å². The fourth-order valence-electron chi connectivity index (χ4n) is 1.85. The molecule has 4 nitrogen and oxygen atoms in total. The first-order valence-corrected chi connectivity index (χ1v) is 8.59. The molecule has 0 fully saturated rings. The fraction of sp³-hybridized carbons (Fsp3) is 0.733. The van der Waals surface area contributed by atoms with Crippen LogP contribution in [0.5, 0.6) is 0 Å². The van der Waals surface area contributed by atoms with Gasteiger partial charge in [0.1, 0.15) is 17.5 Å². The van der Waals surface area contributed by atoms with Gasteiger partial charge < -0.3 is 10.6 Å². The standard InChI is InChI=1S/C15H28N4S/c1-11-12(16-5)18-14(15(2,3)4)19-13(11)17-9-7-8-10-20-6/h7-10H2,1-6H3,(H2,16,17,18,19). The van der Waals surface area contributed by atoms with Crippen LogP contribution in [0, 0.1) is 6.92 Å². The van der Waals surface area contributed by atoms with Crippen molar-refractivity contribution in [3.8, 4) is 0 Å². The normalized spacial score (nSPS) is 11.5. The lowest BCUT2D eigenvalue weighted by atomic mass is 9.95. The molecule has 2 N–H and O–H groups in total. The van der Waals surface area contributed by atoms with E-state index in [9.17, 15) is 0 Å². The highest BCUT2D eigenvalue weighted by atomic mass is 32.2. The van der Waals surface area contributed by atoms with Crippen LogP contribution in [-0.2, 0) is 5.41 Å². The molecule has 0 radical (unpaired) electrons. The van der Waals surface area contributed by atoms with Gasteiger partial charge in [-0.15, -0.1) is 0 Å². The summed E-state index contributed by atoms with van der Waals surface area (Å²) in [5.41, 5.74) is 1.04. The minimum atomic E-state index is -0.0470. The molecule has 0 aliphatic heterocycles. The van der Waals surface area contributed by atoms with Crippen molar-refractivity contribution < 1.29 is 0 Å². The Kier molecular flexibility index (Phi) is 6.59. The van der Waals surface area contributed by atoms with Crippen molar-refractivity contribution in [2.45, 2.75) is 46.0 Å². The molecule has 20 heavy (non-hydrogen) atoms. The van der Waals surface area contributed by atoms with E-state index in [-0.39, 0.29) is 5.41 Å². The van der Waals surface area contributed by atoms with Gasteiger partial charge in [-0.3, -0.25) is 0 Å². The molecule has 1 aromatic heterocycles. The Morgan fingerprint density at radius 3 is 2.30 bits per heavy atom. The lowest BCUT2D eigenvalue weighted by Gasteiger charge is -2.20. The van der Waals surface area contributed by atoms with Crippen LogP contribution in [0.2, 0.25) is 0 Å². The molecule has 0 aliphatic rings. The number of nitrogens with zero attached hydrogens (tertiary/aromatic N) is 2. The zero-order valence-corrected chi connectivity index (χ0v) is 14.4. The molecule has 0 atom stereocenters. The number of aromatic nitrogens is 2. The summed E-state index contributed by atoms with van der Waals surface area (Å²) in [6.07, 6.45) is 4.56. The SMILES string of the molecule is CNc1nc(C(C)(C)C)nc(NCCCCSC)c1C. The molecular formula is C15H28N4S. The third-order valence-electron chi connectivity index (χ3n) is 3.12. The van der Waals surface area contributed by atoms with Gasteiger partial charge in [0.2, 0.25) is 0 Å². The van der Waals surface area contributed by atoms with Crippen molar-refractivity contribution in [2.75, 3.05) is 36.2 Å². The third kappa shape index (κ3) is 4.85. The first-order valence-electron chi connectivity index (χ1n) is 7.19. The molecule has 1 heterocycles. The number of unbranched alkanes of at least 4 members (excludes halogenated alkanes) is 1. The molecule has 5 heteroatoms. The minimum Gasteiger partial charge on any atom is -0.373 e. The van der Waals surface area contributed by atoms with Crippen LogP contribution in [0.3, 0.4) is 0 Å². The second kappa shape index (κ2) is 7.72. The lowest BCUT2D eigenvalue weighted by molar-refractivity contribution is 0.546. The Hall–Kier alpha value is -0.970. The highest BCUT2D eigenvalue weighted by Gasteiger charge is 2.20. The Morgan fingerprint density at radius 2 is 1.75 bits per heavy atom. The smallest absolute Gasteiger partial charge is 0.138 e. The zero-order valence-electron chi connectivity index (χ0n) is 13.6. The zero-order chi connectivity index (χ0) is 15.2. The van der Waals surface area contributed by atoms with Crippen LogP contribution >= 0.6 is 11.8 Å². The van der Waals surface area contributed by atoms with E-state index >= 15 is 0 Å². The van der Waals surface area contributed by atoms with Crippen molar-refractivity contribution in [3.63, 3.8) is 0 Å². The summed E-state index contributed by atoms with van der Waals surface area (Å²) in [5.74, 6) is 3.97. The molecule has 0 bridgehead atoms. The van der Waals surface area contributed by atoms with Crippen molar-refractivity contribution in [2.24, 2.45) is 0 Å². The monoisotopic (exact) mass is 296 g/mol. The molecular weight excluding hydrogens is 268 g/mol. The summed E-state index contributed by atoms with van der Waals surface area (Å²) in [6.45, 7) is 9.44. The summed E-state index contributed by atoms with van der Waals surface area (Å²) >= 11 is 1.90. The number of thioether (sulfide) groups is 1. The summed E-state index contributed by atoms with van der Waals surface area (Å²) in [4.78, 5) is 9.32. The van der Waals surface area contributed by atoms with Crippen LogP contribution in [0.25, 0.3) is 0 Å². The topological polar surface area (TPSA) is 49.8 Å². The van der Waals surface area contributed by atoms with Gasteiger partial charge in [-0.1, -0.05) is 20.8 Å². The summed E-state index contributed by atoms with van der Waals surface area (Å²) in [6, 6.07) is 0. The summed E-state index contributed by atoms with van der Waals surface area (Å²) < 4.78 is 0. The Labute approximate surface area is 127 Å². The quantitative estimate of drug-likeness (QED) is 0.752. The van der Waals surface area contributed by atoms with Crippen LogP contribution in [0.4, 0.5) is 11.6 Å². The van der Waals surface area contributed by atoms with Crippen molar-refractivity contribution >= 4 is 23.4 Å². The first-order chi connectivity index (χ1) is 9.40. The van der Waals surface area contributed by atoms with Crippen molar-refractivity contribution in [1.82, 2.24) is 9.97 Å². The van der Waals surface area contributed by atoms with E-state index in [1.165, 1.54) is 18.6 Å². The molecule has 0 saturated carbocycles. The molecule has 0 saturated heterocycles. The van der Waals surface area contributed by atoms with E-state index in [1.807, 2.05) is 18.8 Å². The Morgan fingerprint density at radius 1 is 1.10 bits per heavy atom. The molecule has 1 rings (SSSR count). The van der Waals surface area contributed by atoms with E-state index in [0.29, 0.717) is 0 Å².